The Hall–Kier alpha value is -1.31. The van der Waals surface area contributed by atoms with Crippen LogP contribution in [0.15, 0.2) is 6.07 Å². The van der Waals surface area contributed by atoms with Crippen LogP contribution in [0.1, 0.15) is 34.7 Å². The molecule has 82 valence electrons. The summed E-state index contributed by atoms with van der Waals surface area (Å²) in [5, 5.41) is 0. The first-order chi connectivity index (χ1) is 6.93. The van der Waals surface area contributed by atoms with Crippen molar-refractivity contribution in [2.75, 3.05) is 0 Å². The summed E-state index contributed by atoms with van der Waals surface area (Å²) in [6.07, 6.45) is 0. The first-order valence-electron chi connectivity index (χ1n) is 5.13. The molecule has 0 aliphatic carbocycles. The highest BCUT2D eigenvalue weighted by atomic mass is 16.5. The van der Waals surface area contributed by atoms with Crippen molar-refractivity contribution < 1.29 is 9.53 Å². The highest BCUT2D eigenvalue weighted by Crippen LogP contribution is 2.22. The van der Waals surface area contributed by atoms with E-state index in [0.717, 1.165) is 5.56 Å². The zero-order chi connectivity index (χ0) is 11.6. The third kappa shape index (κ3) is 2.58. The summed E-state index contributed by atoms with van der Waals surface area (Å²) in [5.41, 5.74) is 6.09. The van der Waals surface area contributed by atoms with Gasteiger partial charge in [0, 0.05) is 6.92 Å². The Morgan fingerprint density at radius 2 is 1.60 bits per heavy atom. The van der Waals surface area contributed by atoms with Crippen LogP contribution in [0.4, 0.5) is 0 Å². The minimum Gasteiger partial charge on any atom is -0.461 e. The Labute approximate surface area is 91.3 Å². The predicted octanol–water partition coefficient (Wildman–Crippen LogP) is 2.98. The highest BCUT2D eigenvalue weighted by Gasteiger charge is 2.09. The molecule has 0 bridgehead atoms. The molecular weight excluding hydrogens is 188 g/mol. The Bertz CT molecular complexity index is 366. The van der Waals surface area contributed by atoms with Crippen LogP contribution in [-0.2, 0) is 16.1 Å². The van der Waals surface area contributed by atoms with Crippen LogP contribution in [0.3, 0.4) is 0 Å². The minimum atomic E-state index is -0.229. The number of hydrogen-bond donors (Lipinski definition) is 0. The molecule has 0 aliphatic rings. The lowest BCUT2D eigenvalue weighted by Gasteiger charge is -2.14. The van der Waals surface area contributed by atoms with E-state index in [1.807, 2.05) is 0 Å². The van der Waals surface area contributed by atoms with Crippen LogP contribution >= 0.6 is 0 Å². The van der Waals surface area contributed by atoms with E-state index in [1.165, 1.54) is 29.2 Å². The lowest BCUT2D eigenvalue weighted by atomic mass is 9.95. The summed E-state index contributed by atoms with van der Waals surface area (Å²) < 4.78 is 5.06. The summed E-state index contributed by atoms with van der Waals surface area (Å²) in [6.45, 7) is 10.1. The monoisotopic (exact) mass is 206 g/mol. The molecule has 0 aromatic heterocycles. The van der Waals surface area contributed by atoms with Gasteiger partial charge in [0.15, 0.2) is 0 Å². The molecule has 0 radical (unpaired) electrons. The van der Waals surface area contributed by atoms with Crippen LogP contribution in [0, 0.1) is 27.7 Å². The Morgan fingerprint density at radius 1 is 1.13 bits per heavy atom. The molecule has 2 heteroatoms. The minimum absolute atomic E-state index is 0.229. The van der Waals surface area contributed by atoms with Gasteiger partial charge in [0.1, 0.15) is 6.61 Å². The maximum Gasteiger partial charge on any atom is 0.302 e. The second-order valence-electron chi connectivity index (χ2n) is 4.02. The molecule has 0 saturated carbocycles. The zero-order valence-corrected chi connectivity index (χ0v) is 10.1. The molecule has 0 spiro atoms. The van der Waals surface area contributed by atoms with Crippen molar-refractivity contribution in [2.45, 2.75) is 41.2 Å². The predicted molar refractivity (Wildman–Crippen MR) is 60.9 cm³/mol. The van der Waals surface area contributed by atoms with Gasteiger partial charge in [0.2, 0.25) is 0 Å². The summed E-state index contributed by atoms with van der Waals surface area (Å²) in [5.74, 6) is -0.229. The standard InChI is InChI=1S/C13H18O2/c1-8-6-9(2)11(4)13(10(8)3)7-15-12(5)14/h6H,7H2,1-5H3. The number of benzene rings is 1. The molecule has 0 unspecified atom stereocenters. The van der Waals surface area contributed by atoms with E-state index >= 15 is 0 Å². The lowest BCUT2D eigenvalue weighted by molar-refractivity contribution is -0.142. The number of rotatable bonds is 2. The quantitative estimate of drug-likeness (QED) is 0.695. The molecule has 0 amide bonds. The molecule has 0 aliphatic heterocycles. The second-order valence-corrected chi connectivity index (χ2v) is 4.02. The largest absolute Gasteiger partial charge is 0.461 e. The van der Waals surface area contributed by atoms with Gasteiger partial charge >= 0.3 is 5.97 Å². The van der Waals surface area contributed by atoms with E-state index in [0.29, 0.717) is 6.61 Å². The average molecular weight is 206 g/mol. The molecule has 0 saturated heterocycles. The zero-order valence-electron chi connectivity index (χ0n) is 10.1. The van der Waals surface area contributed by atoms with E-state index in [9.17, 15) is 4.79 Å². The molecule has 1 aromatic rings. The summed E-state index contributed by atoms with van der Waals surface area (Å²) in [6, 6.07) is 2.17. The lowest BCUT2D eigenvalue weighted by Crippen LogP contribution is -2.05. The van der Waals surface area contributed by atoms with Gasteiger partial charge in [-0.1, -0.05) is 6.07 Å². The summed E-state index contributed by atoms with van der Waals surface area (Å²) in [7, 11) is 0. The number of esters is 1. The molecule has 2 nitrogen and oxygen atoms in total. The fraction of sp³-hybridized carbons (Fsp3) is 0.462. The van der Waals surface area contributed by atoms with Crippen molar-refractivity contribution in [2.24, 2.45) is 0 Å². The Balaban J connectivity index is 3.09. The van der Waals surface area contributed by atoms with Crippen molar-refractivity contribution in [3.63, 3.8) is 0 Å². The van der Waals surface area contributed by atoms with Gasteiger partial charge < -0.3 is 4.74 Å². The van der Waals surface area contributed by atoms with Crippen LogP contribution in [0.2, 0.25) is 0 Å². The van der Waals surface area contributed by atoms with E-state index in [-0.39, 0.29) is 5.97 Å². The second kappa shape index (κ2) is 4.47. The first-order valence-corrected chi connectivity index (χ1v) is 5.13. The Kier molecular flexibility index (Phi) is 3.51. The average Bonchev–Trinajstić information content (AvgIpc) is 2.14. The molecule has 0 heterocycles. The smallest absolute Gasteiger partial charge is 0.302 e. The van der Waals surface area contributed by atoms with Gasteiger partial charge in [-0.3, -0.25) is 4.79 Å². The number of aryl methyl sites for hydroxylation is 2. The van der Waals surface area contributed by atoms with Crippen LogP contribution in [0.25, 0.3) is 0 Å². The van der Waals surface area contributed by atoms with Crippen molar-refractivity contribution in [1.29, 1.82) is 0 Å². The number of hydrogen-bond acceptors (Lipinski definition) is 2. The Morgan fingerprint density at radius 3 is 2.00 bits per heavy atom. The maximum atomic E-state index is 10.8. The summed E-state index contributed by atoms with van der Waals surface area (Å²) >= 11 is 0. The van der Waals surface area contributed by atoms with Gasteiger partial charge in [-0.15, -0.1) is 0 Å². The van der Waals surface area contributed by atoms with E-state index in [2.05, 4.69) is 33.8 Å². The number of carbonyl (C=O) groups is 1. The third-order valence-corrected chi connectivity index (χ3v) is 2.94. The molecule has 0 fully saturated rings. The van der Waals surface area contributed by atoms with Crippen molar-refractivity contribution in [3.8, 4) is 0 Å². The molecule has 1 aromatic carbocycles. The number of ether oxygens (including phenoxy) is 1. The van der Waals surface area contributed by atoms with Crippen molar-refractivity contribution in [1.82, 2.24) is 0 Å². The van der Waals surface area contributed by atoms with Gasteiger partial charge in [0.05, 0.1) is 0 Å². The molecule has 0 atom stereocenters. The van der Waals surface area contributed by atoms with Crippen molar-refractivity contribution >= 4 is 5.97 Å². The van der Waals surface area contributed by atoms with Gasteiger partial charge in [-0.2, -0.15) is 0 Å². The third-order valence-electron chi connectivity index (χ3n) is 2.94. The highest BCUT2D eigenvalue weighted by molar-refractivity contribution is 5.66. The van der Waals surface area contributed by atoms with Gasteiger partial charge in [-0.05, 0) is 55.5 Å². The molecule has 0 N–H and O–H groups in total. The summed E-state index contributed by atoms with van der Waals surface area (Å²) in [4.78, 5) is 10.8. The SMILES string of the molecule is CC(=O)OCc1c(C)c(C)cc(C)c1C. The molecule has 15 heavy (non-hydrogen) atoms. The van der Waals surface area contributed by atoms with E-state index < -0.39 is 0 Å². The van der Waals surface area contributed by atoms with Crippen LogP contribution in [0.5, 0.6) is 0 Å². The van der Waals surface area contributed by atoms with Crippen molar-refractivity contribution in [3.05, 3.63) is 33.9 Å². The van der Waals surface area contributed by atoms with Gasteiger partial charge in [-0.25, -0.2) is 0 Å². The van der Waals surface area contributed by atoms with Gasteiger partial charge in [0.25, 0.3) is 0 Å². The van der Waals surface area contributed by atoms with Crippen LogP contribution < -0.4 is 0 Å². The molecule has 1 rings (SSSR count). The first kappa shape index (κ1) is 11.8. The van der Waals surface area contributed by atoms with E-state index in [1.54, 1.807) is 0 Å². The van der Waals surface area contributed by atoms with E-state index in [4.69, 9.17) is 4.74 Å². The normalized spacial score (nSPS) is 10.2. The topological polar surface area (TPSA) is 26.3 Å². The number of carbonyl (C=O) groups excluding carboxylic acids is 1. The molecular formula is C13H18O2. The maximum absolute atomic E-state index is 10.8. The fourth-order valence-corrected chi connectivity index (χ4v) is 1.69. The fourth-order valence-electron chi connectivity index (χ4n) is 1.69. The van der Waals surface area contributed by atoms with Crippen LogP contribution in [-0.4, -0.2) is 5.97 Å².